The molecule has 9 rings (SSSR count). The van der Waals surface area contributed by atoms with Crippen molar-refractivity contribution in [3.8, 4) is 11.1 Å². The zero-order chi connectivity index (χ0) is 31.3. The lowest BCUT2D eigenvalue weighted by molar-refractivity contribution is 0.657. The maximum absolute atomic E-state index is 4.28. The van der Waals surface area contributed by atoms with Gasteiger partial charge in [-0.2, -0.15) is 0 Å². The summed E-state index contributed by atoms with van der Waals surface area (Å²) in [6.07, 6.45) is 25.0. The molecule has 0 saturated carbocycles. The van der Waals surface area contributed by atoms with E-state index in [-0.39, 0.29) is 0 Å². The number of fused-ring (bicyclic) bond motifs is 4. The molecule has 5 aromatic carbocycles. The predicted octanol–water partition coefficient (Wildman–Crippen LogP) is 12.2. The SMILES string of the molecule is CC1=CC2C=CC(c3c4ccccc4c(-c4cccc5c(C6=CCCC=C6c6ccncc6)cccc45)c4ccccc34)=CC2C=C1. The minimum atomic E-state index is 0.382. The summed E-state index contributed by atoms with van der Waals surface area (Å²) in [7, 11) is 0. The van der Waals surface area contributed by atoms with Crippen LogP contribution >= 0.6 is 0 Å². The van der Waals surface area contributed by atoms with Gasteiger partial charge in [-0.25, -0.2) is 0 Å². The molecule has 0 fully saturated rings. The summed E-state index contributed by atoms with van der Waals surface area (Å²) in [5.74, 6) is 0.811. The molecule has 6 aromatic rings. The number of nitrogens with zero attached hydrogens (tertiary/aromatic N) is 1. The highest BCUT2D eigenvalue weighted by molar-refractivity contribution is 6.23. The van der Waals surface area contributed by atoms with Crippen LogP contribution in [-0.4, -0.2) is 4.98 Å². The quantitative estimate of drug-likeness (QED) is 0.183. The van der Waals surface area contributed by atoms with E-state index in [4.69, 9.17) is 0 Å². The lowest BCUT2D eigenvalue weighted by Gasteiger charge is -2.26. The average molecular weight is 602 g/mol. The summed E-state index contributed by atoms with van der Waals surface area (Å²) in [4.78, 5) is 4.28. The highest BCUT2D eigenvalue weighted by Gasteiger charge is 2.24. The van der Waals surface area contributed by atoms with Crippen LogP contribution in [0.2, 0.25) is 0 Å². The summed E-state index contributed by atoms with van der Waals surface area (Å²) < 4.78 is 0. The fraction of sp³-hybridized carbons (Fsp3) is 0.109. The zero-order valence-corrected chi connectivity index (χ0v) is 26.5. The van der Waals surface area contributed by atoms with Gasteiger partial charge in [0.2, 0.25) is 0 Å². The van der Waals surface area contributed by atoms with Gasteiger partial charge in [0.15, 0.2) is 0 Å². The number of rotatable bonds is 4. The van der Waals surface area contributed by atoms with Crippen molar-refractivity contribution < 1.29 is 0 Å². The van der Waals surface area contributed by atoms with E-state index in [0.717, 1.165) is 12.8 Å². The number of hydrogen-bond acceptors (Lipinski definition) is 1. The van der Waals surface area contributed by atoms with Crippen LogP contribution in [0, 0.1) is 11.8 Å². The molecular weight excluding hydrogens is 567 g/mol. The van der Waals surface area contributed by atoms with Gasteiger partial charge in [0.25, 0.3) is 0 Å². The Bertz CT molecular complexity index is 2350. The molecule has 0 bridgehead atoms. The van der Waals surface area contributed by atoms with Crippen molar-refractivity contribution in [3.63, 3.8) is 0 Å². The Hall–Kier alpha value is -5.53. The normalized spacial score (nSPS) is 18.9. The number of aromatic nitrogens is 1. The molecule has 1 nitrogen and oxygen atoms in total. The van der Waals surface area contributed by atoms with Gasteiger partial charge in [-0.15, -0.1) is 0 Å². The monoisotopic (exact) mass is 601 g/mol. The molecule has 0 N–H and O–H groups in total. The second-order valence-electron chi connectivity index (χ2n) is 13.0. The molecule has 0 radical (unpaired) electrons. The third kappa shape index (κ3) is 4.65. The largest absolute Gasteiger partial charge is 0.265 e. The molecule has 0 saturated heterocycles. The van der Waals surface area contributed by atoms with Crippen LogP contribution in [-0.2, 0) is 0 Å². The molecule has 1 heteroatoms. The van der Waals surface area contributed by atoms with Crippen LogP contribution in [0.15, 0.2) is 164 Å². The van der Waals surface area contributed by atoms with Crippen LogP contribution in [0.1, 0.15) is 36.5 Å². The minimum absolute atomic E-state index is 0.382. The van der Waals surface area contributed by atoms with Crippen molar-refractivity contribution in [2.45, 2.75) is 19.8 Å². The van der Waals surface area contributed by atoms with E-state index in [1.54, 1.807) is 0 Å². The lowest BCUT2D eigenvalue weighted by atomic mass is 9.78. The standard InChI is InChI=1S/C46H35N/c1-30-20-21-33-29-34(23-22-32(33)28-30)45-41-12-4-6-14-43(41)46(44-15-7-5-13-42(44)45)40-19-9-17-38-37(16-8-18-39(38)40)36-11-3-2-10-35(36)31-24-26-47-27-25-31/h4-29,32-33H,2-3H2,1H3. The summed E-state index contributed by atoms with van der Waals surface area (Å²) in [5.41, 5.74) is 11.7. The van der Waals surface area contributed by atoms with E-state index in [1.165, 1.54) is 82.4 Å². The number of hydrogen-bond donors (Lipinski definition) is 0. The van der Waals surface area contributed by atoms with Gasteiger partial charge in [0, 0.05) is 24.2 Å². The third-order valence-electron chi connectivity index (χ3n) is 10.2. The fourth-order valence-electron chi connectivity index (χ4n) is 8.08. The predicted molar refractivity (Wildman–Crippen MR) is 201 cm³/mol. The first-order valence-electron chi connectivity index (χ1n) is 16.8. The van der Waals surface area contributed by atoms with Crippen molar-refractivity contribution >= 4 is 49.0 Å². The molecule has 3 aliphatic rings. The molecule has 0 amide bonds. The second kappa shape index (κ2) is 11.4. The summed E-state index contributed by atoms with van der Waals surface area (Å²) in [6.45, 7) is 2.19. The fourth-order valence-corrected chi connectivity index (χ4v) is 8.08. The highest BCUT2D eigenvalue weighted by Crippen LogP contribution is 2.47. The first-order chi connectivity index (χ1) is 23.2. The van der Waals surface area contributed by atoms with Crippen molar-refractivity contribution in [1.82, 2.24) is 4.98 Å². The summed E-state index contributed by atoms with van der Waals surface area (Å²) in [6, 6.07) is 36.0. The third-order valence-corrected chi connectivity index (χ3v) is 10.2. The van der Waals surface area contributed by atoms with E-state index >= 15 is 0 Å². The average Bonchev–Trinajstić information content (AvgIpc) is 3.13. The van der Waals surface area contributed by atoms with E-state index in [9.17, 15) is 0 Å². The minimum Gasteiger partial charge on any atom is -0.265 e. The molecule has 3 aliphatic carbocycles. The summed E-state index contributed by atoms with van der Waals surface area (Å²) in [5, 5.41) is 7.75. The van der Waals surface area contributed by atoms with Crippen LogP contribution in [0.25, 0.3) is 60.2 Å². The van der Waals surface area contributed by atoms with E-state index in [2.05, 4.69) is 158 Å². The molecule has 2 unspecified atom stereocenters. The lowest BCUT2D eigenvalue weighted by Crippen LogP contribution is -2.12. The Morgan fingerprint density at radius 1 is 0.511 bits per heavy atom. The van der Waals surface area contributed by atoms with Gasteiger partial charge in [-0.05, 0) is 109 Å². The first-order valence-corrected chi connectivity index (χ1v) is 16.8. The molecule has 2 atom stereocenters. The van der Waals surface area contributed by atoms with Crippen LogP contribution < -0.4 is 0 Å². The molecule has 0 spiro atoms. The topological polar surface area (TPSA) is 12.9 Å². The Balaban J connectivity index is 1.27. The number of allylic oxidation sites excluding steroid dienone is 12. The van der Waals surface area contributed by atoms with Gasteiger partial charge in [-0.3, -0.25) is 4.98 Å². The molecule has 47 heavy (non-hydrogen) atoms. The highest BCUT2D eigenvalue weighted by atomic mass is 14.6. The van der Waals surface area contributed by atoms with Gasteiger partial charge in [-0.1, -0.05) is 139 Å². The van der Waals surface area contributed by atoms with Gasteiger partial charge >= 0.3 is 0 Å². The van der Waals surface area contributed by atoms with Crippen molar-refractivity contribution in [1.29, 1.82) is 0 Å². The van der Waals surface area contributed by atoms with E-state index in [1.807, 2.05) is 12.4 Å². The van der Waals surface area contributed by atoms with Crippen molar-refractivity contribution in [2.75, 3.05) is 0 Å². The van der Waals surface area contributed by atoms with Crippen LogP contribution in [0.5, 0.6) is 0 Å². The number of benzene rings is 5. The van der Waals surface area contributed by atoms with Crippen molar-refractivity contribution in [3.05, 3.63) is 180 Å². The van der Waals surface area contributed by atoms with Gasteiger partial charge < -0.3 is 0 Å². The smallest absolute Gasteiger partial charge is 0.0273 e. The Morgan fingerprint density at radius 3 is 1.77 bits per heavy atom. The number of pyridine rings is 1. The molecule has 0 aliphatic heterocycles. The first kappa shape index (κ1) is 27.8. The van der Waals surface area contributed by atoms with E-state index in [0.29, 0.717) is 11.8 Å². The molecule has 1 heterocycles. The van der Waals surface area contributed by atoms with Crippen molar-refractivity contribution in [2.24, 2.45) is 11.8 Å². The summed E-state index contributed by atoms with van der Waals surface area (Å²) >= 11 is 0. The Morgan fingerprint density at radius 2 is 1.06 bits per heavy atom. The van der Waals surface area contributed by atoms with Gasteiger partial charge in [0.05, 0.1) is 0 Å². The Kier molecular flexibility index (Phi) is 6.71. The van der Waals surface area contributed by atoms with E-state index < -0.39 is 0 Å². The van der Waals surface area contributed by atoms with Crippen LogP contribution in [0.4, 0.5) is 0 Å². The maximum atomic E-state index is 4.28. The maximum Gasteiger partial charge on any atom is 0.0273 e. The molecular formula is C46H35N. The second-order valence-corrected chi connectivity index (χ2v) is 13.0. The van der Waals surface area contributed by atoms with Crippen LogP contribution in [0.3, 0.4) is 0 Å². The zero-order valence-electron chi connectivity index (χ0n) is 26.5. The molecule has 1 aromatic heterocycles. The molecule has 224 valence electrons. The Labute approximate surface area is 276 Å². The van der Waals surface area contributed by atoms with Gasteiger partial charge in [0.1, 0.15) is 0 Å².